The molecule has 1 heterocycles. The third-order valence-electron chi connectivity index (χ3n) is 4.34. The summed E-state index contributed by atoms with van der Waals surface area (Å²) in [5.41, 5.74) is 2.21. The average molecular weight is 332 g/mol. The first-order valence-corrected chi connectivity index (χ1v) is 9.04. The van der Waals surface area contributed by atoms with Crippen molar-refractivity contribution >= 4 is 28.0 Å². The number of carbonyl (C=O) groups is 1. The zero-order valence-corrected chi connectivity index (χ0v) is 14.8. The predicted molar refractivity (Wildman–Crippen MR) is 96.4 cm³/mol. The standard InChI is InChI=1S/C18H24N2O2S/c1-12(13-7-8-13)23-18(21)22-16-6-4-5-15-17(16)14(11-19-15)9-10-20(2)3/h4-6,11-13,19H,7-10H2,1-3H3. The number of benzene rings is 1. The first-order valence-electron chi connectivity index (χ1n) is 8.16. The van der Waals surface area contributed by atoms with Gasteiger partial charge >= 0.3 is 5.30 Å². The lowest BCUT2D eigenvalue weighted by Gasteiger charge is -2.11. The Hall–Kier alpha value is -1.46. The maximum Gasteiger partial charge on any atom is 0.373 e. The number of fused-ring (bicyclic) bond motifs is 1. The topological polar surface area (TPSA) is 45.3 Å². The Kier molecular flexibility index (Phi) is 4.97. The van der Waals surface area contributed by atoms with Crippen LogP contribution in [-0.2, 0) is 6.42 Å². The van der Waals surface area contributed by atoms with E-state index in [9.17, 15) is 4.79 Å². The number of aromatic nitrogens is 1. The van der Waals surface area contributed by atoms with Crippen LogP contribution in [0.3, 0.4) is 0 Å². The van der Waals surface area contributed by atoms with Crippen molar-refractivity contribution in [3.8, 4) is 5.75 Å². The summed E-state index contributed by atoms with van der Waals surface area (Å²) < 4.78 is 5.67. The van der Waals surface area contributed by atoms with Gasteiger partial charge in [0.15, 0.2) is 0 Å². The third kappa shape index (κ3) is 4.09. The van der Waals surface area contributed by atoms with Gasteiger partial charge in [-0.15, -0.1) is 0 Å². The van der Waals surface area contributed by atoms with Gasteiger partial charge < -0.3 is 14.6 Å². The first-order chi connectivity index (χ1) is 11.0. The molecule has 1 aliphatic carbocycles. The van der Waals surface area contributed by atoms with E-state index in [-0.39, 0.29) is 5.30 Å². The quantitative estimate of drug-likeness (QED) is 0.801. The van der Waals surface area contributed by atoms with Crippen molar-refractivity contribution in [3.63, 3.8) is 0 Å². The maximum absolute atomic E-state index is 12.2. The summed E-state index contributed by atoms with van der Waals surface area (Å²) in [6.07, 6.45) is 5.42. The van der Waals surface area contributed by atoms with Crippen LogP contribution in [0, 0.1) is 5.92 Å². The molecule has 3 rings (SSSR count). The van der Waals surface area contributed by atoms with Gasteiger partial charge in [0, 0.05) is 28.9 Å². The second kappa shape index (κ2) is 6.97. The van der Waals surface area contributed by atoms with E-state index in [0.717, 1.165) is 23.9 Å². The van der Waals surface area contributed by atoms with Gasteiger partial charge in [-0.25, -0.2) is 4.79 Å². The van der Waals surface area contributed by atoms with Gasteiger partial charge in [-0.05, 0) is 68.7 Å². The van der Waals surface area contributed by atoms with E-state index >= 15 is 0 Å². The highest BCUT2D eigenvalue weighted by molar-refractivity contribution is 8.13. The molecular weight excluding hydrogens is 308 g/mol. The monoisotopic (exact) mass is 332 g/mol. The fraction of sp³-hybridized carbons (Fsp3) is 0.500. The van der Waals surface area contributed by atoms with E-state index in [0.29, 0.717) is 16.9 Å². The van der Waals surface area contributed by atoms with E-state index in [1.54, 1.807) is 0 Å². The molecule has 0 aliphatic heterocycles. The molecule has 4 nitrogen and oxygen atoms in total. The van der Waals surface area contributed by atoms with Crippen LogP contribution in [-0.4, -0.2) is 41.1 Å². The molecule has 1 aromatic heterocycles. The van der Waals surface area contributed by atoms with Crippen LogP contribution in [0.5, 0.6) is 5.75 Å². The Morgan fingerprint density at radius 3 is 2.91 bits per heavy atom. The second-order valence-electron chi connectivity index (χ2n) is 6.56. The highest BCUT2D eigenvalue weighted by Gasteiger charge is 2.30. The number of likely N-dealkylation sites (N-methyl/N-ethyl adjacent to an activating group) is 1. The Labute approximate surface area is 141 Å². The van der Waals surface area contributed by atoms with Crippen molar-refractivity contribution < 1.29 is 9.53 Å². The van der Waals surface area contributed by atoms with Crippen molar-refractivity contribution in [1.29, 1.82) is 0 Å². The second-order valence-corrected chi connectivity index (χ2v) is 7.87. The Morgan fingerprint density at radius 1 is 1.43 bits per heavy atom. The highest BCUT2D eigenvalue weighted by atomic mass is 32.2. The molecule has 0 spiro atoms. The lowest BCUT2D eigenvalue weighted by atomic mass is 10.1. The number of nitrogens with zero attached hydrogens (tertiary/aromatic N) is 1. The van der Waals surface area contributed by atoms with E-state index in [2.05, 4.69) is 30.9 Å². The minimum absolute atomic E-state index is 0.198. The number of hydrogen-bond donors (Lipinski definition) is 1. The molecule has 1 fully saturated rings. The van der Waals surface area contributed by atoms with Crippen LogP contribution >= 0.6 is 11.8 Å². The number of nitrogens with one attached hydrogen (secondary N) is 1. The summed E-state index contributed by atoms with van der Waals surface area (Å²) in [6, 6.07) is 5.83. The average Bonchev–Trinajstić information content (AvgIpc) is 3.26. The zero-order chi connectivity index (χ0) is 16.4. The fourth-order valence-corrected chi connectivity index (χ4v) is 3.68. The molecule has 1 N–H and O–H groups in total. The van der Waals surface area contributed by atoms with Gasteiger partial charge in [0.05, 0.1) is 0 Å². The highest BCUT2D eigenvalue weighted by Crippen LogP contribution is 2.39. The number of thioether (sulfide) groups is 1. The smallest absolute Gasteiger partial charge is 0.373 e. The number of ether oxygens (including phenoxy) is 1. The molecule has 0 amide bonds. The molecule has 1 aliphatic rings. The normalized spacial score (nSPS) is 16.0. The largest absolute Gasteiger partial charge is 0.418 e. The van der Waals surface area contributed by atoms with Crippen LogP contribution < -0.4 is 4.74 Å². The van der Waals surface area contributed by atoms with Gasteiger partial charge in [-0.3, -0.25) is 0 Å². The summed E-state index contributed by atoms with van der Waals surface area (Å²) in [4.78, 5) is 17.7. The van der Waals surface area contributed by atoms with Crippen molar-refractivity contribution in [2.24, 2.45) is 5.92 Å². The SMILES string of the molecule is CC(SC(=O)Oc1cccc2[nH]cc(CCN(C)C)c12)C1CC1. The molecule has 5 heteroatoms. The summed E-state index contributed by atoms with van der Waals surface area (Å²) >= 11 is 1.32. The fourth-order valence-electron chi connectivity index (χ4n) is 2.77. The van der Waals surface area contributed by atoms with E-state index in [1.165, 1.54) is 30.2 Å². The number of rotatable bonds is 6. The molecule has 0 radical (unpaired) electrons. The predicted octanol–water partition coefficient (Wildman–Crippen LogP) is 4.30. The molecule has 23 heavy (non-hydrogen) atoms. The Balaban J connectivity index is 1.76. The minimum atomic E-state index is -0.198. The number of aromatic amines is 1. The van der Waals surface area contributed by atoms with E-state index in [4.69, 9.17) is 4.74 Å². The first kappa shape index (κ1) is 16.4. The number of carbonyl (C=O) groups excluding carboxylic acids is 1. The Bertz CT molecular complexity index is 691. The zero-order valence-electron chi connectivity index (χ0n) is 14.0. The lowest BCUT2D eigenvalue weighted by Crippen LogP contribution is -2.15. The number of H-pyrrole nitrogens is 1. The Morgan fingerprint density at radius 2 is 2.22 bits per heavy atom. The molecular formula is C18H24N2O2S. The van der Waals surface area contributed by atoms with Gasteiger partial charge in [-0.2, -0.15) is 0 Å². The lowest BCUT2D eigenvalue weighted by molar-refractivity contribution is 0.227. The van der Waals surface area contributed by atoms with Crippen molar-refractivity contribution in [2.45, 2.75) is 31.4 Å². The molecule has 2 aromatic rings. The molecule has 1 aromatic carbocycles. The molecule has 0 bridgehead atoms. The molecule has 1 atom stereocenters. The van der Waals surface area contributed by atoms with Crippen LogP contribution in [0.4, 0.5) is 4.79 Å². The van der Waals surface area contributed by atoms with E-state index in [1.807, 2.05) is 24.4 Å². The van der Waals surface area contributed by atoms with Crippen molar-refractivity contribution in [2.75, 3.05) is 20.6 Å². The summed E-state index contributed by atoms with van der Waals surface area (Å²) in [5, 5.41) is 1.18. The summed E-state index contributed by atoms with van der Waals surface area (Å²) in [5.74, 6) is 1.35. The van der Waals surface area contributed by atoms with Gasteiger partial charge in [0.1, 0.15) is 5.75 Å². The van der Waals surface area contributed by atoms with Gasteiger partial charge in [-0.1, -0.05) is 13.0 Å². The van der Waals surface area contributed by atoms with E-state index < -0.39 is 0 Å². The number of hydrogen-bond acceptors (Lipinski definition) is 4. The molecule has 1 unspecified atom stereocenters. The van der Waals surface area contributed by atoms with Gasteiger partial charge in [0.2, 0.25) is 0 Å². The summed E-state index contributed by atoms with van der Waals surface area (Å²) in [7, 11) is 4.12. The summed E-state index contributed by atoms with van der Waals surface area (Å²) in [6.45, 7) is 3.08. The van der Waals surface area contributed by atoms with Gasteiger partial charge in [0.25, 0.3) is 0 Å². The van der Waals surface area contributed by atoms with Crippen LogP contribution in [0.15, 0.2) is 24.4 Å². The van der Waals surface area contributed by atoms with Crippen LogP contribution in [0.2, 0.25) is 0 Å². The minimum Gasteiger partial charge on any atom is -0.418 e. The third-order valence-corrected chi connectivity index (χ3v) is 5.37. The molecule has 1 saturated carbocycles. The van der Waals surface area contributed by atoms with Crippen molar-refractivity contribution in [3.05, 3.63) is 30.0 Å². The molecule has 124 valence electrons. The van der Waals surface area contributed by atoms with Crippen LogP contribution in [0.25, 0.3) is 10.9 Å². The molecule has 0 saturated heterocycles. The van der Waals surface area contributed by atoms with Crippen LogP contribution in [0.1, 0.15) is 25.3 Å². The maximum atomic E-state index is 12.2. The van der Waals surface area contributed by atoms with Crippen molar-refractivity contribution in [1.82, 2.24) is 9.88 Å².